The van der Waals surface area contributed by atoms with Crippen LogP contribution in [0.5, 0.6) is 0 Å². The van der Waals surface area contributed by atoms with Gasteiger partial charge in [-0.25, -0.2) is 0 Å². The molecule has 0 aromatic rings. The molecule has 0 radical (unpaired) electrons. The summed E-state index contributed by atoms with van der Waals surface area (Å²) in [6.07, 6.45) is 6.15. The lowest BCUT2D eigenvalue weighted by molar-refractivity contribution is -0.267. The Kier molecular flexibility index (Phi) is 4.56. The zero-order valence-electron chi connectivity index (χ0n) is 16.9. The molecule has 1 N–H and O–H groups in total. The molecule has 2 aliphatic carbocycles. The van der Waals surface area contributed by atoms with E-state index in [2.05, 4.69) is 27.7 Å². The van der Waals surface area contributed by atoms with Crippen molar-refractivity contribution in [2.24, 2.45) is 22.7 Å². The highest BCUT2D eigenvalue weighted by molar-refractivity contribution is 5.70. The Hall–Kier alpha value is -0.610. The summed E-state index contributed by atoms with van der Waals surface area (Å²) in [6.45, 7) is 11.3. The van der Waals surface area contributed by atoms with Crippen molar-refractivity contribution in [1.82, 2.24) is 0 Å². The van der Waals surface area contributed by atoms with Crippen molar-refractivity contribution in [3.8, 4) is 0 Å². The smallest absolute Gasteiger partial charge is 0.308 e. The van der Waals surface area contributed by atoms with Crippen LogP contribution in [0.1, 0.15) is 79.6 Å². The fraction of sp³-hybridized carbons (Fsp3) is 0.952. The number of hydrogen-bond acceptors (Lipinski definition) is 4. The van der Waals surface area contributed by atoms with Gasteiger partial charge in [-0.2, -0.15) is 0 Å². The van der Waals surface area contributed by atoms with Gasteiger partial charge in [0.15, 0.2) is 0 Å². The maximum atomic E-state index is 11.9. The molecular weight excluding hydrogens is 316 g/mol. The maximum absolute atomic E-state index is 11.9. The molecule has 4 heteroatoms. The lowest BCUT2D eigenvalue weighted by atomic mass is 9.44. The van der Waals surface area contributed by atoms with Gasteiger partial charge in [-0.05, 0) is 50.4 Å². The molecule has 0 amide bonds. The van der Waals surface area contributed by atoms with E-state index in [0.29, 0.717) is 5.92 Å². The number of methoxy groups -OCH3 is 1. The monoisotopic (exact) mass is 352 g/mol. The average Bonchev–Trinajstić information content (AvgIpc) is 2.87. The van der Waals surface area contributed by atoms with E-state index >= 15 is 0 Å². The highest BCUT2D eigenvalue weighted by atomic mass is 16.5. The van der Waals surface area contributed by atoms with Gasteiger partial charge in [-0.3, -0.25) is 4.79 Å². The van der Waals surface area contributed by atoms with E-state index in [9.17, 15) is 9.90 Å². The van der Waals surface area contributed by atoms with Gasteiger partial charge in [0, 0.05) is 11.3 Å². The number of rotatable bonds is 2. The lowest BCUT2D eigenvalue weighted by Gasteiger charge is -2.64. The van der Waals surface area contributed by atoms with E-state index in [1.54, 1.807) is 0 Å². The number of esters is 1. The summed E-state index contributed by atoms with van der Waals surface area (Å²) in [5.41, 5.74) is -0.587. The van der Waals surface area contributed by atoms with Crippen LogP contribution >= 0.6 is 0 Å². The van der Waals surface area contributed by atoms with Gasteiger partial charge in [0.2, 0.25) is 0 Å². The Morgan fingerprint density at radius 3 is 2.48 bits per heavy atom. The molecule has 0 unspecified atom stereocenters. The number of fused-ring (bicyclic) bond motifs is 2. The molecule has 1 saturated heterocycles. The lowest BCUT2D eigenvalue weighted by Crippen LogP contribution is -2.66. The second-order valence-electron chi connectivity index (χ2n) is 10.1. The number of aliphatic hydroxyl groups is 1. The van der Waals surface area contributed by atoms with Crippen molar-refractivity contribution in [2.45, 2.75) is 96.9 Å². The van der Waals surface area contributed by atoms with E-state index in [1.807, 2.05) is 6.92 Å². The SMILES string of the molecule is COC(=O)C[C@@]1(C)CC[C@]2(O1)[C@@H](C)[C@@H](O)C[C@@H]1C(C)(C)CCC[C@]12C. The highest BCUT2D eigenvalue weighted by Gasteiger charge is 2.68. The van der Waals surface area contributed by atoms with E-state index < -0.39 is 5.60 Å². The predicted octanol–water partition coefficient (Wildman–Crippen LogP) is 4.09. The highest BCUT2D eigenvalue weighted by Crippen LogP contribution is 2.67. The molecule has 3 rings (SSSR count). The third-order valence-corrected chi connectivity index (χ3v) is 8.19. The van der Waals surface area contributed by atoms with Crippen LogP contribution in [0.2, 0.25) is 0 Å². The fourth-order valence-electron chi connectivity index (χ4n) is 6.70. The number of aliphatic hydroxyl groups excluding tert-OH is 1. The second kappa shape index (κ2) is 5.95. The molecule has 1 aliphatic heterocycles. The van der Waals surface area contributed by atoms with Crippen LogP contribution in [0.15, 0.2) is 0 Å². The minimum Gasteiger partial charge on any atom is -0.469 e. The first-order chi connectivity index (χ1) is 11.5. The zero-order chi connectivity index (χ0) is 18.7. The van der Waals surface area contributed by atoms with Crippen LogP contribution in [0, 0.1) is 22.7 Å². The molecule has 3 aliphatic rings. The number of carbonyl (C=O) groups is 1. The molecule has 0 bridgehead atoms. The minimum absolute atomic E-state index is 0.0429. The van der Waals surface area contributed by atoms with Crippen LogP contribution in [0.25, 0.3) is 0 Å². The molecule has 144 valence electrons. The first kappa shape index (κ1) is 19.2. The van der Waals surface area contributed by atoms with Gasteiger partial charge in [-0.15, -0.1) is 0 Å². The zero-order valence-corrected chi connectivity index (χ0v) is 16.9. The average molecular weight is 353 g/mol. The Balaban J connectivity index is 1.99. The largest absolute Gasteiger partial charge is 0.469 e. The molecule has 1 spiro atoms. The van der Waals surface area contributed by atoms with Gasteiger partial charge >= 0.3 is 5.97 Å². The van der Waals surface area contributed by atoms with Gasteiger partial charge in [0.05, 0.1) is 30.8 Å². The Morgan fingerprint density at radius 2 is 1.84 bits per heavy atom. The van der Waals surface area contributed by atoms with Crippen molar-refractivity contribution in [1.29, 1.82) is 0 Å². The number of hydrogen-bond donors (Lipinski definition) is 1. The van der Waals surface area contributed by atoms with Gasteiger partial charge in [-0.1, -0.05) is 34.1 Å². The normalized spacial score (nSPS) is 49.0. The van der Waals surface area contributed by atoms with Crippen molar-refractivity contribution in [3.63, 3.8) is 0 Å². The summed E-state index contributed by atoms with van der Waals surface area (Å²) in [6, 6.07) is 0. The van der Waals surface area contributed by atoms with Gasteiger partial charge in [0.1, 0.15) is 0 Å². The van der Waals surface area contributed by atoms with Crippen molar-refractivity contribution in [2.75, 3.05) is 7.11 Å². The van der Waals surface area contributed by atoms with Crippen LogP contribution in [-0.2, 0) is 14.3 Å². The summed E-state index contributed by atoms with van der Waals surface area (Å²) in [4.78, 5) is 11.9. The van der Waals surface area contributed by atoms with E-state index in [-0.39, 0.29) is 40.8 Å². The Bertz CT molecular complexity index is 544. The van der Waals surface area contributed by atoms with E-state index in [1.165, 1.54) is 20.0 Å². The molecule has 0 aromatic carbocycles. The molecule has 1 heterocycles. The molecule has 3 fully saturated rings. The summed E-state index contributed by atoms with van der Waals surface area (Å²) in [5, 5.41) is 10.9. The quantitative estimate of drug-likeness (QED) is 0.761. The first-order valence-corrected chi connectivity index (χ1v) is 9.95. The van der Waals surface area contributed by atoms with Crippen LogP contribution in [0.4, 0.5) is 0 Å². The predicted molar refractivity (Wildman–Crippen MR) is 97.1 cm³/mol. The summed E-state index contributed by atoms with van der Waals surface area (Å²) in [7, 11) is 1.43. The molecule has 4 nitrogen and oxygen atoms in total. The van der Waals surface area contributed by atoms with Crippen molar-refractivity contribution < 1.29 is 19.4 Å². The Morgan fingerprint density at radius 1 is 1.16 bits per heavy atom. The summed E-state index contributed by atoms with van der Waals surface area (Å²) < 4.78 is 11.7. The Labute approximate surface area is 152 Å². The third-order valence-electron chi connectivity index (χ3n) is 8.19. The van der Waals surface area contributed by atoms with Crippen LogP contribution in [0.3, 0.4) is 0 Å². The van der Waals surface area contributed by atoms with Gasteiger partial charge in [0.25, 0.3) is 0 Å². The van der Waals surface area contributed by atoms with Crippen LogP contribution < -0.4 is 0 Å². The maximum Gasteiger partial charge on any atom is 0.308 e. The third kappa shape index (κ3) is 2.75. The van der Waals surface area contributed by atoms with Crippen molar-refractivity contribution in [3.05, 3.63) is 0 Å². The molecule has 6 atom stereocenters. The summed E-state index contributed by atoms with van der Waals surface area (Å²) >= 11 is 0. The number of ether oxygens (including phenoxy) is 2. The number of carbonyl (C=O) groups excluding carboxylic acids is 1. The fourth-order valence-corrected chi connectivity index (χ4v) is 6.70. The van der Waals surface area contributed by atoms with E-state index in [0.717, 1.165) is 25.7 Å². The molecule has 25 heavy (non-hydrogen) atoms. The minimum atomic E-state index is -0.492. The van der Waals surface area contributed by atoms with Crippen LogP contribution in [-0.4, -0.2) is 35.5 Å². The molecule has 0 aromatic heterocycles. The first-order valence-electron chi connectivity index (χ1n) is 9.95. The topological polar surface area (TPSA) is 55.8 Å². The molecule has 2 saturated carbocycles. The van der Waals surface area contributed by atoms with E-state index in [4.69, 9.17) is 9.47 Å². The standard InChI is InChI=1S/C21H36O4/c1-14-15(22)12-16-18(2,3)8-7-9-20(16,5)21(14)11-10-19(4,25-21)13-17(23)24-6/h14-16,22H,7-13H2,1-6H3/t14-,15-,16+,19+,20+,21-/m0/s1. The van der Waals surface area contributed by atoms with Crippen molar-refractivity contribution >= 4 is 5.97 Å². The molecular formula is C21H36O4. The summed E-state index contributed by atoms with van der Waals surface area (Å²) in [5.74, 6) is 0.316. The second-order valence-corrected chi connectivity index (χ2v) is 10.1. The van der Waals surface area contributed by atoms with Gasteiger partial charge < -0.3 is 14.6 Å².